The number of rotatable bonds is 6. The first-order chi connectivity index (χ1) is 21.5. The van der Waals surface area contributed by atoms with Crippen LogP contribution in [-0.4, -0.2) is 45.2 Å². The van der Waals surface area contributed by atoms with E-state index in [0.717, 1.165) is 66.8 Å². The fourth-order valence-electron chi connectivity index (χ4n) is 6.69. The summed E-state index contributed by atoms with van der Waals surface area (Å²) < 4.78 is 0. The molecular weight excluding hydrogens is 651 g/mol. The molecule has 267 valence electrons. The van der Waals surface area contributed by atoms with Gasteiger partial charge in [-0.25, -0.2) is 0 Å². The van der Waals surface area contributed by atoms with Gasteiger partial charge in [0.25, 0.3) is 0 Å². The Kier molecular flexibility index (Phi) is 15.1. The maximum Gasteiger partial charge on any atom is 2.00 e. The van der Waals surface area contributed by atoms with Crippen molar-refractivity contribution in [3.05, 3.63) is 58.7 Å². The number of carbonyl (C=O) groups excluding carboxylic acids is 2. The number of phenols is 2. The monoisotopic (exact) mass is 707 g/mol. The number of aromatic hydroxyl groups is 2. The molecule has 2 aliphatic carbocycles. The molecular formula is C39H56CoN2O6. The predicted molar refractivity (Wildman–Crippen MR) is 186 cm³/mol. The number of hydrogen-bond donors (Lipinski definition) is 2. The normalized spacial score (nSPS) is 20.8. The maximum atomic E-state index is 11.4. The van der Waals surface area contributed by atoms with Gasteiger partial charge in [0, 0.05) is 34.5 Å². The Morgan fingerprint density at radius 2 is 1.19 bits per heavy atom. The average Bonchev–Trinajstić information content (AvgIpc) is 3.47. The van der Waals surface area contributed by atoms with Crippen LogP contribution in [0.15, 0.2) is 46.4 Å². The number of para-hydroxylation sites is 2. The van der Waals surface area contributed by atoms with E-state index in [9.17, 15) is 10.2 Å². The van der Waals surface area contributed by atoms with Crippen LogP contribution < -0.4 is 10.2 Å². The molecule has 9 heteroatoms. The first-order valence-electron chi connectivity index (χ1n) is 16.7. The van der Waals surface area contributed by atoms with Gasteiger partial charge in [0.1, 0.15) is 11.5 Å². The molecule has 2 N–H and O–H groups in total. The Hall–Kier alpha value is -3.17. The molecule has 1 radical (unpaired) electrons. The Morgan fingerprint density at radius 3 is 1.54 bits per heavy atom. The van der Waals surface area contributed by atoms with Gasteiger partial charge in [0.05, 0.1) is 11.6 Å². The van der Waals surface area contributed by atoms with Gasteiger partial charge in [-0.05, 0) is 91.4 Å². The van der Waals surface area contributed by atoms with Crippen LogP contribution in [0.3, 0.4) is 0 Å². The summed E-state index contributed by atoms with van der Waals surface area (Å²) in [6.45, 7) is 23.4. The SMILES string of the molecule is CC(=O)[O-].CC(=O)[O-].CC(C)C(=N[C@H]1CC2CC[C@]1(N=C(c1cccc(C(C)(C)C)c1O)C(C)C)C2)c1cccc(C(C)(C)C)c1O.[Co+2]. The number of benzene rings is 2. The van der Waals surface area contributed by atoms with E-state index >= 15 is 0 Å². The van der Waals surface area contributed by atoms with Crippen molar-refractivity contribution in [1.82, 2.24) is 0 Å². The molecule has 1 unspecified atom stereocenters. The van der Waals surface area contributed by atoms with Gasteiger partial charge < -0.3 is 30.0 Å². The van der Waals surface area contributed by atoms with E-state index in [1.807, 2.05) is 30.3 Å². The van der Waals surface area contributed by atoms with E-state index < -0.39 is 11.9 Å². The summed E-state index contributed by atoms with van der Waals surface area (Å²) in [5, 5.41) is 40.5. The van der Waals surface area contributed by atoms with Gasteiger partial charge in [-0.3, -0.25) is 9.98 Å². The minimum Gasteiger partial charge on any atom is -0.550 e. The zero-order valence-electron chi connectivity index (χ0n) is 30.9. The quantitative estimate of drug-likeness (QED) is 0.347. The molecule has 2 fully saturated rings. The van der Waals surface area contributed by atoms with Crippen LogP contribution in [-0.2, 0) is 37.2 Å². The number of fused-ring (bicyclic) bond motifs is 2. The van der Waals surface area contributed by atoms with E-state index in [1.54, 1.807) is 0 Å². The molecule has 2 aliphatic rings. The van der Waals surface area contributed by atoms with Crippen molar-refractivity contribution in [1.29, 1.82) is 0 Å². The van der Waals surface area contributed by atoms with Crippen LogP contribution in [0, 0.1) is 17.8 Å². The van der Waals surface area contributed by atoms with Gasteiger partial charge in [0.2, 0.25) is 0 Å². The first-order valence-corrected chi connectivity index (χ1v) is 16.7. The molecule has 2 bridgehead atoms. The van der Waals surface area contributed by atoms with Crippen molar-refractivity contribution in [2.45, 2.75) is 131 Å². The molecule has 3 atom stereocenters. The summed E-state index contributed by atoms with van der Waals surface area (Å²) in [6.07, 6.45) is 4.26. The summed E-state index contributed by atoms with van der Waals surface area (Å²) in [4.78, 5) is 28.8. The van der Waals surface area contributed by atoms with Crippen LogP contribution in [0.1, 0.15) is 131 Å². The van der Waals surface area contributed by atoms with Gasteiger partial charge >= 0.3 is 16.8 Å². The minimum absolute atomic E-state index is 0. The number of carboxylic acid groups (broad SMARTS) is 2. The van der Waals surface area contributed by atoms with Gasteiger partial charge in [-0.15, -0.1) is 0 Å². The molecule has 0 aliphatic heterocycles. The van der Waals surface area contributed by atoms with Crippen molar-refractivity contribution >= 4 is 23.4 Å². The summed E-state index contributed by atoms with van der Waals surface area (Å²) in [6, 6.07) is 12.2. The van der Waals surface area contributed by atoms with Crippen LogP contribution in [0.25, 0.3) is 0 Å². The number of carboxylic acids is 2. The number of carbonyl (C=O) groups is 2. The molecule has 8 nitrogen and oxygen atoms in total. The first kappa shape index (κ1) is 42.8. The Bertz CT molecular complexity index is 1460. The van der Waals surface area contributed by atoms with Crippen molar-refractivity contribution in [2.75, 3.05) is 0 Å². The van der Waals surface area contributed by atoms with E-state index in [4.69, 9.17) is 29.8 Å². The van der Waals surface area contributed by atoms with E-state index in [2.05, 4.69) is 75.3 Å². The maximum absolute atomic E-state index is 11.4. The largest absolute Gasteiger partial charge is 2.00 e. The van der Waals surface area contributed by atoms with Crippen LogP contribution in [0.2, 0.25) is 0 Å². The predicted octanol–water partition coefficient (Wildman–Crippen LogP) is 6.10. The fraction of sp³-hybridized carbons (Fsp3) is 0.590. The van der Waals surface area contributed by atoms with Crippen LogP contribution in [0.5, 0.6) is 11.5 Å². The molecule has 0 heterocycles. The number of phenolic OH excluding ortho intramolecular Hbond substituents is 2. The second-order valence-corrected chi connectivity index (χ2v) is 15.7. The topological polar surface area (TPSA) is 145 Å². The molecule has 4 rings (SSSR count). The van der Waals surface area contributed by atoms with Crippen LogP contribution in [0.4, 0.5) is 0 Å². The number of aliphatic imine (C=N–C) groups is 2. The smallest absolute Gasteiger partial charge is 0.550 e. The number of nitrogens with zero attached hydrogens (tertiary/aromatic N) is 2. The third-order valence-electron chi connectivity index (χ3n) is 8.78. The summed E-state index contributed by atoms with van der Waals surface area (Å²) in [5.74, 6) is -0.503. The van der Waals surface area contributed by atoms with Gasteiger partial charge in [0.15, 0.2) is 0 Å². The zero-order valence-corrected chi connectivity index (χ0v) is 31.9. The molecule has 0 saturated heterocycles. The van der Waals surface area contributed by atoms with Crippen molar-refractivity contribution in [2.24, 2.45) is 27.7 Å². The van der Waals surface area contributed by atoms with Crippen molar-refractivity contribution in [3.8, 4) is 11.5 Å². The molecule has 0 aromatic heterocycles. The minimum atomic E-state index is -1.08. The number of aliphatic carboxylic acids is 2. The van der Waals surface area contributed by atoms with Crippen molar-refractivity contribution < 1.29 is 46.8 Å². The van der Waals surface area contributed by atoms with E-state index in [1.165, 1.54) is 6.42 Å². The van der Waals surface area contributed by atoms with Gasteiger partial charge in [-0.1, -0.05) is 93.5 Å². The molecule has 2 aromatic carbocycles. The zero-order chi connectivity index (χ0) is 36.1. The Morgan fingerprint density at radius 1 is 0.792 bits per heavy atom. The Labute approximate surface area is 298 Å². The Balaban J connectivity index is 0.00000115. The molecule has 48 heavy (non-hydrogen) atoms. The second kappa shape index (κ2) is 17.0. The molecule has 2 saturated carbocycles. The number of hydrogen-bond acceptors (Lipinski definition) is 8. The van der Waals surface area contributed by atoms with Gasteiger partial charge in [-0.2, -0.15) is 0 Å². The molecule has 2 aromatic rings. The van der Waals surface area contributed by atoms with E-state index in [-0.39, 0.29) is 51.0 Å². The fourth-order valence-corrected chi connectivity index (χ4v) is 6.69. The standard InChI is InChI=1S/C35H50N2O2.2C2H4O2.Co/c1-21(2)29(24-13-11-15-26(31(24)38)33(5,6)7)36-28-19-23-17-18-35(28,20-23)37-30(22(3)4)25-14-12-16-27(32(25)39)34(8,9)10;2*1-2(3)4;/h11-16,21-23,28,38-39H,17-20H2,1-10H3;2*1H3,(H,3,4);/q;;;+2/p-2/t23?,28-,35-;;;/m0.../s1. The average molecular weight is 708 g/mol. The van der Waals surface area contributed by atoms with Crippen molar-refractivity contribution in [3.63, 3.8) is 0 Å². The van der Waals surface area contributed by atoms with E-state index in [0.29, 0.717) is 17.4 Å². The second-order valence-electron chi connectivity index (χ2n) is 15.7. The third-order valence-corrected chi connectivity index (χ3v) is 8.78. The third kappa shape index (κ3) is 10.9. The molecule has 0 amide bonds. The summed E-state index contributed by atoms with van der Waals surface area (Å²) >= 11 is 0. The van der Waals surface area contributed by atoms with Crippen LogP contribution >= 0.6 is 0 Å². The summed E-state index contributed by atoms with van der Waals surface area (Å²) in [5.41, 5.74) is 4.96. The summed E-state index contributed by atoms with van der Waals surface area (Å²) in [7, 11) is 0. The molecule has 0 spiro atoms.